The Labute approximate surface area is 117 Å². The third-order valence-electron chi connectivity index (χ3n) is 4.50. The zero-order valence-corrected chi connectivity index (χ0v) is 12.7. The Morgan fingerprint density at radius 2 is 2.21 bits per heavy atom. The van der Waals surface area contributed by atoms with Crippen LogP contribution in [0.5, 0.6) is 0 Å². The summed E-state index contributed by atoms with van der Waals surface area (Å²) in [7, 11) is 2.11. The molecule has 2 rings (SSSR count). The van der Waals surface area contributed by atoms with Crippen LogP contribution in [0.2, 0.25) is 0 Å². The second-order valence-corrected chi connectivity index (χ2v) is 6.54. The molecule has 1 N–H and O–H groups in total. The number of nitrogens with one attached hydrogen (secondary N) is 1. The fourth-order valence-corrected chi connectivity index (χ4v) is 3.28. The molecule has 19 heavy (non-hydrogen) atoms. The molecule has 0 aromatic carbocycles. The summed E-state index contributed by atoms with van der Waals surface area (Å²) in [6, 6.07) is 0.320. The van der Waals surface area contributed by atoms with Crippen molar-refractivity contribution in [1.29, 1.82) is 0 Å². The third kappa shape index (κ3) is 3.93. The summed E-state index contributed by atoms with van der Waals surface area (Å²) in [6.45, 7) is 9.43. The molecule has 0 aliphatic carbocycles. The van der Waals surface area contributed by atoms with Crippen LogP contribution in [0.4, 0.5) is 0 Å². The largest absolute Gasteiger partial charge is 0.340 e. The van der Waals surface area contributed by atoms with Gasteiger partial charge in [-0.1, -0.05) is 0 Å². The number of likely N-dealkylation sites (tertiary alicyclic amines) is 1. The van der Waals surface area contributed by atoms with E-state index in [1.807, 2.05) is 0 Å². The van der Waals surface area contributed by atoms with Crippen LogP contribution in [0.1, 0.15) is 33.1 Å². The zero-order valence-electron chi connectivity index (χ0n) is 12.7. The van der Waals surface area contributed by atoms with Crippen molar-refractivity contribution in [2.45, 2.75) is 39.2 Å². The standard InChI is InChI=1S/C15H29N3O/c1-12(2)18(10-13-5-4-7-16-9-13)15(19)14-6-8-17(3)11-14/h12-14,16H,4-11H2,1-3H3. The maximum absolute atomic E-state index is 12.7. The van der Waals surface area contributed by atoms with Gasteiger partial charge in [-0.2, -0.15) is 0 Å². The number of amides is 1. The second kappa shape index (κ2) is 6.71. The summed E-state index contributed by atoms with van der Waals surface area (Å²) in [5, 5.41) is 3.45. The van der Waals surface area contributed by atoms with E-state index in [1.54, 1.807) is 0 Å². The molecule has 0 saturated carbocycles. The molecular weight excluding hydrogens is 238 g/mol. The number of hydrogen-bond acceptors (Lipinski definition) is 3. The predicted molar refractivity (Wildman–Crippen MR) is 78.0 cm³/mol. The van der Waals surface area contributed by atoms with E-state index >= 15 is 0 Å². The van der Waals surface area contributed by atoms with Crippen LogP contribution < -0.4 is 5.32 Å². The summed E-state index contributed by atoms with van der Waals surface area (Å²) in [5.41, 5.74) is 0. The topological polar surface area (TPSA) is 35.6 Å². The molecule has 2 unspecified atom stereocenters. The molecule has 2 aliphatic rings. The fraction of sp³-hybridized carbons (Fsp3) is 0.933. The van der Waals surface area contributed by atoms with Crippen LogP contribution in [0.3, 0.4) is 0 Å². The molecule has 0 bridgehead atoms. The summed E-state index contributed by atoms with van der Waals surface area (Å²) in [5.74, 6) is 1.24. The third-order valence-corrected chi connectivity index (χ3v) is 4.50. The highest BCUT2D eigenvalue weighted by atomic mass is 16.2. The number of rotatable bonds is 4. The van der Waals surface area contributed by atoms with Gasteiger partial charge in [-0.05, 0) is 65.7 Å². The lowest BCUT2D eigenvalue weighted by molar-refractivity contribution is -0.137. The molecule has 4 nitrogen and oxygen atoms in total. The SMILES string of the molecule is CC(C)N(CC1CCCNC1)C(=O)C1CCN(C)C1. The first-order chi connectivity index (χ1) is 9.08. The molecule has 0 aromatic heterocycles. The Hall–Kier alpha value is -0.610. The number of nitrogens with zero attached hydrogens (tertiary/aromatic N) is 2. The van der Waals surface area contributed by atoms with Crippen molar-refractivity contribution in [3.8, 4) is 0 Å². The van der Waals surface area contributed by atoms with E-state index in [1.165, 1.54) is 12.8 Å². The first kappa shape index (κ1) is 14.8. The van der Waals surface area contributed by atoms with Crippen LogP contribution >= 0.6 is 0 Å². The molecule has 2 aliphatic heterocycles. The van der Waals surface area contributed by atoms with E-state index in [2.05, 4.69) is 36.0 Å². The lowest BCUT2D eigenvalue weighted by Crippen LogP contribution is -2.46. The van der Waals surface area contributed by atoms with E-state index in [0.29, 0.717) is 17.9 Å². The summed E-state index contributed by atoms with van der Waals surface area (Å²) < 4.78 is 0. The molecule has 2 heterocycles. The molecule has 4 heteroatoms. The number of carbonyl (C=O) groups excluding carboxylic acids is 1. The van der Waals surface area contributed by atoms with Crippen LogP contribution in [-0.2, 0) is 4.79 Å². The summed E-state index contributed by atoms with van der Waals surface area (Å²) >= 11 is 0. The van der Waals surface area contributed by atoms with Gasteiger partial charge in [-0.25, -0.2) is 0 Å². The maximum Gasteiger partial charge on any atom is 0.227 e. The Morgan fingerprint density at radius 3 is 2.74 bits per heavy atom. The minimum Gasteiger partial charge on any atom is -0.340 e. The first-order valence-electron chi connectivity index (χ1n) is 7.77. The first-order valence-corrected chi connectivity index (χ1v) is 7.77. The summed E-state index contributed by atoms with van der Waals surface area (Å²) in [4.78, 5) is 17.1. The van der Waals surface area contributed by atoms with Gasteiger partial charge < -0.3 is 15.1 Å². The van der Waals surface area contributed by atoms with Gasteiger partial charge in [-0.3, -0.25) is 4.79 Å². The van der Waals surface area contributed by atoms with Gasteiger partial charge in [-0.15, -0.1) is 0 Å². The highest BCUT2D eigenvalue weighted by molar-refractivity contribution is 5.79. The van der Waals surface area contributed by atoms with Crippen LogP contribution in [-0.4, -0.2) is 61.5 Å². The van der Waals surface area contributed by atoms with Crippen molar-refractivity contribution >= 4 is 5.91 Å². The molecule has 0 spiro atoms. The number of piperidine rings is 1. The molecule has 2 fully saturated rings. The Kier molecular flexibility index (Phi) is 5.22. The highest BCUT2D eigenvalue weighted by Crippen LogP contribution is 2.21. The van der Waals surface area contributed by atoms with Crippen molar-refractivity contribution in [2.24, 2.45) is 11.8 Å². The minimum atomic E-state index is 0.226. The average molecular weight is 267 g/mol. The summed E-state index contributed by atoms with van der Waals surface area (Å²) in [6.07, 6.45) is 3.53. The van der Waals surface area contributed by atoms with E-state index < -0.39 is 0 Å². The van der Waals surface area contributed by atoms with E-state index in [0.717, 1.165) is 39.1 Å². The molecule has 2 atom stereocenters. The minimum absolute atomic E-state index is 0.226. The fourth-order valence-electron chi connectivity index (χ4n) is 3.28. The molecule has 0 radical (unpaired) electrons. The normalized spacial score (nSPS) is 28.8. The Bertz CT molecular complexity index is 300. The van der Waals surface area contributed by atoms with Crippen molar-refractivity contribution in [1.82, 2.24) is 15.1 Å². The lowest BCUT2D eigenvalue weighted by Gasteiger charge is -2.34. The molecule has 2 saturated heterocycles. The van der Waals surface area contributed by atoms with E-state index in [4.69, 9.17) is 0 Å². The molecule has 1 amide bonds. The lowest BCUT2D eigenvalue weighted by atomic mass is 9.97. The van der Waals surface area contributed by atoms with Crippen LogP contribution in [0.15, 0.2) is 0 Å². The van der Waals surface area contributed by atoms with Crippen molar-refractivity contribution in [2.75, 3.05) is 39.8 Å². The quantitative estimate of drug-likeness (QED) is 0.831. The van der Waals surface area contributed by atoms with Gasteiger partial charge in [0.05, 0.1) is 5.92 Å². The van der Waals surface area contributed by atoms with Gasteiger partial charge in [0.25, 0.3) is 0 Å². The van der Waals surface area contributed by atoms with Gasteiger partial charge in [0.2, 0.25) is 5.91 Å². The highest BCUT2D eigenvalue weighted by Gasteiger charge is 2.32. The van der Waals surface area contributed by atoms with Gasteiger partial charge in [0.1, 0.15) is 0 Å². The molecule has 110 valence electrons. The van der Waals surface area contributed by atoms with Gasteiger partial charge >= 0.3 is 0 Å². The average Bonchev–Trinajstić information content (AvgIpc) is 2.83. The van der Waals surface area contributed by atoms with Crippen LogP contribution in [0, 0.1) is 11.8 Å². The maximum atomic E-state index is 12.7. The van der Waals surface area contributed by atoms with Crippen molar-refractivity contribution < 1.29 is 4.79 Å². The van der Waals surface area contributed by atoms with Gasteiger partial charge in [0.15, 0.2) is 0 Å². The molecule has 0 aromatic rings. The van der Waals surface area contributed by atoms with Crippen molar-refractivity contribution in [3.63, 3.8) is 0 Å². The van der Waals surface area contributed by atoms with E-state index in [9.17, 15) is 4.79 Å². The second-order valence-electron chi connectivity index (χ2n) is 6.54. The predicted octanol–water partition coefficient (Wildman–Crippen LogP) is 1.17. The smallest absolute Gasteiger partial charge is 0.227 e. The van der Waals surface area contributed by atoms with E-state index in [-0.39, 0.29) is 5.92 Å². The Morgan fingerprint density at radius 1 is 1.42 bits per heavy atom. The van der Waals surface area contributed by atoms with Crippen LogP contribution in [0.25, 0.3) is 0 Å². The van der Waals surface area contributed by atoms with Gasteiger partial charge in [0, 0.05) is 19.1 Å². The monoisotopic (exact) mass is 267 g/mol. The number of hydrogen-bond donors (Lipinski definition) is 1. The zero-order chi connectivity index (χ0) is 13.8. The Balaban J connectivity index is 1.92. The molecular formula is C15H29N3O. The number of carbonyl (C=O) groups is 1. The van der Waals surface area contributed by atoms with Crippen molar-refractivity contribution in [3.05, 3.63) is 0 Å².